The highest BCUT2D eigenvalue weighted by atomic mass is 19.1. The van der Waals surface area contributed by atoms with Crippen molar-refractivity contribution >= 4 is 5.91 Å². The Hall–Kier alpha value is -2.60. The van der Waals surface area contributed by atoms with Gasteiger partial charge in [0.2, 0.25) is 5.91 Å². The molecule has 2 aromatic carbocycles. The largest absolute Gasteiger partial charge is 0.493 e. The molecule has 31 heavy (non-hydrogen) atoms. The minimum Gasteiger partial charge on any atom is -0.493 e. The number of halogens is 1. The smallest absolute Gasteiger partial charge is 0.226 e. The number of carbonyl (C=O) groups is 1. The van der Waals surface area contributed by atoms with E-state index in [-0.39, 0.29) is 11.7 Å². The first-order valence-corrected chi connectivity index (χ1v) is 10.9. The summed E-state index contributed by atoms with van der Waals surface area (Å²) in [6.45, 7) is 3.57. The van der Waals surface area contributed by atoms with E-state index in [4.69, 9.17) is 9.47 Å². The maximum Gasteiger partial charge on any atom is 0.226 e. The Labute approximate surface area is 184 Å². The van der Waals surface area contributed by atoms with Crippen LogP contribution in [0.4, 0.5) is 4.39 Å². The average Bonchev–Trinajstić information content (AvgIpc) is 2.78. The van der Waals surface area contributed by atoms with Gasteiger partial charge >= 0.3 is 0 Å². The minimum absolute atomic E-state index is 0.0932. The second kappa shape index (κ2) is 11.1. The second-order valence-electron chi connectivity index (χ2n) is 8.29. The van der Waals surface area contributed by atoms with E-state index in [2.05, 4.69) is 4.90 Å². The molecule has 0 unspecified atom stereocenters. The Morgan fingerprint density at radius 3 is 2.68 bits per heavy atom. The Morgan fingerprint density at radius 2 is 1.94 bits per heavy atom. The fourth-order valence-corrected chi connectivity index (χ4v) is 4.27. The van der Waals surface area contributed by atoms with Crippen LogP contribution in [0.15, 0.2) is 42.5 Å². The third kappa shape index (κ3) is 6.44. The molecule has 1 amide bonds. The molecule has 0 N–H and O–H groups in total. The zero-order chi connectivity index (χ0) is 22.2. The highest BCUT2D eigenvalue weighted by molar-refractivity contribution is 5.78. The molecule has 1 heterocycles. The second-order valence-corrected chi connectivity index (χ2v) is 8.29. The SMILES string of the molecule is COc1ccc(CC(=O)N(C)C[C@H]2CCCN(CCc3ccccc3F)C2)cc1OC. The van der Waals surface area contributed by atoms with E-state index < -0.39 is 0 Å². The molecule has 2 aromatic rings. The van der Waals surface area contributed by atoms with Crippen molar-refractivity contribution in [1.82, 2.24) is 9.80 Å². The molecular formula is C25H33FN2O3. The molecule has 1 aliphatic heterocycles. The number of nitrogens with zero attached hydrogens (tertiary/aromatic N) is 2. The van der Waals surface area contributed by atoms with Crippen LogP contribution in [0.5, 0.6) is 11.5 Å². The molecule has 0 aromatic heterocycles. The van der Waals surface area contributed by atoms with Gasteiger partial charge in [-0.2, -0.15) is 0 Å². The van der Waals surface area contributed by atoms with Gasteiger partial charge in [0.15, 0.2) is 11.5 Å². The highest BCUT2D eigenvalue weighted by Crippen LogP contribution is 2.28. The van der Waals surface area contributed by atoms with Gasteiger partial charge in [0.05, 0.1) is 20.6 Å². The first-order chi connectivity index (χ1) is 15.0. The lowest BCUT2D eigenvalue weighted by atomic mass is 9.96. The van der Waals surface area contributed by atoms with Crippen LogP contribution in [0, 0.1) is 11.7 Å². The first-order valence-electron chi connectivity index (χ1n) is 10.9. The van der Waals surface area contributed by atoms with Crippen LogP contribution in [0.2, 0.25) is 0 Å². The molecule has 5 nitrogen and oxygen atoms in total. The topological polar surface area (TPSA) is 42.0 Å². The van der Waals surface area contributed by atoms with Crippen molar-refractivity contribution < 1.29 is 18.7 Å². The van der Waals surface area contributed by atoms with Gasteiger partial charge in [0, 0.05) is 26.7 Å². The number of hydrogen-bond acceptors (Lipinski definition) is 4. The van der Waals surface area contributed by atoms with Gasteiger partial charge in [-0.25, -0.2) is 4.39 Å². The molecule has 1 aliphatic rings. The molecule has 1 atom stereocenters. The van der Waals surface area contributed by atoms with Gasteiger partial charge in [-0.3, -0.25) is 4.79 Å². The maximum atomic E-state index is 13.9. The number of amides is 1. The fourth-order valence-electron chi connectivity index (χ4n) is 4.27. The van der Waals surface area contributed by atoms with E-state index in [1.165, 1.54) is 6.07 Å². The van der Waals surface area contributed by atoms with Crippen LogP contribution in [0.25, 0.3) is 0 Å². The monoisotopic (exact) mass is 428 g/mol. The quantitative estimate of drug-likeness (QED) is 0.609. The van der Waals surface area contributed by atoms with Crippen molar-refractivity contribution in [3.05, 3.63) is 59.4 Å². The van der Waals surface area contributed by atoms with Gasteiger partial charge in [-0.1, -0.05) is 24.3 Å². The third-order valence-corrected chi connectivity index (χ3v) is 6.02. The van der Waals surface area contributed by atoms with Crippen LogP contribution in [0.3, 0.4) is 0 Å². The lowest BCUT2D eigenvalue weighted by Crippen LogP contribution is -2.42. The summed E-state index contributed by atoms with van der Waals surface area (Å²) in [6, 6.07) is 12.6. The zero-order valence-corrected chi connectivity index (χ0v) is 18.8. The van der Waals surface area contributed by atoms with E-state index in [0.29, 0.717) is 30.3 Å². The normalized spacial score (nSPS) is 16.7. The molecule has 1 fully saturated rings. The van der Waals surface area contributed by atoms with Crippen LogP contribution in [-0.4, -0.2) is 63.2 Å². The van der Waals surface area contributed by atoms with E-state index in [9.17, 15) is 9.18 Å². The summed E-state index contributed by atoms with van der Waals surface area (Å²) in [5, 5.41) is 0. The summed E-state index contributed by atoms with van der Waals surface area (Å²) in [5.41, 5.74) is 1.68. The van der Waals surface area contributed by atoms with Crippen LogP contribution in [-0.2, 0) is 17.6 Å². The standard InChI is InChI=1S/C25H33FN2O3/c1-27(25(29)16-19-10-11-23(30-2)24(15-19)31-3)17-20-7-6-13-28(18-20)14-12-21-8-4-5-9-22(21)26/h4-5,8-11,15,20H,6-7,12-14,16-18H2,1-3H3/t20-/m1/s1. The Kier molecular flexibility index (Phi) is 8.29. The van der Waals surface area contributed by atoms with Gasteiger partial charge in [0.1, 0.15) is 5.82 Å². The van der Waals surface area contributed by atoms with Crippen molar-refractivity contribution in [2.75, 3.05) is 47.4 Å². The maximum absolute atomic E-state index is 13.9. The number of benzene rings is 2. The molecule has 1 saturated heterocycles. The van der Waals surface area contributed by atoms with Gasteiger partial charge in [-0.15, -0.1) is 0 Å². The van der Waals surface area contributed by atoms with Crippen molar-refractivity contribution in [2.24, 2.45) is 5.92 Å². The molecule has 0 saturated carbocycles. The Balaban J connectivity index is 1.49. The predicted octanol–water partition coefficient (Wildman–Crippen LogP) is 3.80. The minimum atomic E-state index is -0.128. The molecular weight excluding hydrogens is 395 g/mol. The summed E-state index contributed by atoms with van der Waals surface area (Å²) >= 11 is 0. The number of piperidine rings is 1. The summed E-state index contributed by atoms with van der Waals surface area (Å²) in [6.07, 6.45) is 3.28. The summed E-state index contributed by atoms with van der Waals surface area (Å²) in [7, 11) is 5.07. The van der Waals surface area contributed by atoms with E-state index in [0.717, 1.165) is 50.1 Å². The van der Waals surface area contributed by atoms with Gasteiger partial charge in [0.25, 0.3) is 0 Å². The highest BCUT2D eigenvalue weighted by Gasteiger charge is 2.23. The van der Waals surface area contributed by atoms with Crippen molar-refractivity contribution in [3.63, 3.8) is 0 Å². The number of rotatable bonds is 9. The third-order valence-electron chi connectivity index (χ3n) is 6.02. The van der Waals surface area contributed by atoms with Gasteiger partial charge < -0.3 is 19.3 Å². The first kappa shape index (κ1) is 23.1. The number of carbonyl (C=O) groups excluding carboxylic acids is 1. The number of likely N-dealkylation sites (tertiary alicyclic amines) is 1. The molecule has 0 radical (unpaired) electrons. The molecule has 6 heteroatoms. The molecule has 3 rings (SSSR count). The number of likely N-dealkylation sites (N-methyl/N-ethyl adjacent to an activating group) is 1. The van der Waals surface area contributed by atoms with Crippen LogP contribution >= 0.6 is 0 Å². The van der Waals surface area contributed by atoms with E-state index in [1.54, 1.807) is 20.3 Å². The number of ether oxygens (including phenoxy) is 2. The fraction of sp³-hybridized carbons (Fsp3) is 0.480. The van der Waals surface area contributed by atoms with Gasteiger partial charge in [-0.05, 0) is 61.1 Å². The Bertz CT molecular complexity index is 874. The molecule has 0 spiro atoms. The molecule has 168 valence electrons. The lowest BCUT2D eigenvalue weighted by molar-refractivity contribution is -0.130. The van der Waals surface area contributed by atoms with Crippen molar-refractivity contribution in [1.29, 1.82) is 0 Å². The van der Waals surface area contributed by atoms with Crippen molar-refractivity contribution in [2.45, 2.75) is 25.7 Å². The van der Waals surface area contributed by atoms with E-state index in [1.807, 2.05) is 42.3 Å². The zero-order valence-electron chi connectivity index (χ0n) is 18.8. The van der Waals surface area contributed by atoms with Crippen LogP contribution in [0.1, 0.15) is 24.0 Å². The predicted molar refractivity (Wildman–Crippen MR) is 120 cm³/mol. The number of methoxy groups -OCH3 is 2. The average molecular weight is 429 g/mol. The molecule has 0 aliphatic carbocycles. The lowest BCUT2D eigenvalue weighted by Gasteiger charge is -2.34. The summed E-state index contributed by atoms with van der Waals surface area (Å²) in [4.78, 5) is 17.0. The summed E-state index contributed by atoms with van der Waals surface area (Å²) in [5.74, 6) is 1.69. The summed E-state index contributed by atoms with van der Waals surface area (Å²) < 4.78 is 24.5. The number of hydrogen-bond donors (Lipinski definition) is 0. The molecule has 0 bridgehead atoms. The van der Waals surface area contributed by atoms with Crippen molar-refractivity contribution in [3.8, 4) is 11.5 Å². The Morgan fingerprint density at radius 1 is 1.16 bits per heavy atom. The van der Waals surface area contributed by atoms with E-state index >= 15 is 0 Å². The van der Waals surface area contributed by atoms with Crippen LogP contribution < -0.4 is 9.47 Å².